The quantitative estimate of drug-likeness (QED) is 0.848. The van der Waals surface area contributed by atoms with Crippen molar-refractivity contribution in [3.8, 4) is 0 Å². The lowest BCUT2D eigenvalue weighted by Crippen LogP contribution is -2.36. The van der Waals surface area contributed by atoms with Crippen molar-refractivity contribution >= 4 is 15.9 Å². The Morgan fingerprint density at radius 3 is 2.00 bits per heavy atom. The Morgan fingerprint density at radius 1 is 0.913 bits per heavy atom. The van der Waals surface area contributed by atoms with Crippen LogP contribution in [0.2, 0.25) is 0 Å². The third-order valence-electron chi connectivity index (χ3n) is 3.36. The fraction of sp³-hybridized carbons (Fsp3) is 0.235. The third-order valence-corrected chi connectivity index (χ3v) is 4.78. The van der Waals surface area contributed by atoms with E-state index in [2.05, 4.69) is 10.0 Å². The number of sulfonamides is 1. The van der Waals surface area contributed by atoms with Crippen molar-refractivity contribution in [1.82, 2.24) is 10.0 Å². The smallest absolute Gasteiger partial charge is 0.241 e. The van der Waals surface area contributed by atoms with Gasteiger partial charge in [0, 0.05) is 6.54 Å². The molecule has 122 valence electrons. The molecule has 0 fully saturated rings. The minimum atomic E-state index is -3.67. The summed E-state index contributed by atoms with van der Waals surface area (Å²) in [4.78, 5) is 11.9. The molecule has 0 saturated carbocycles. The lowest BCUT2D eigenvalue weighted by Gasteiger charge is -2.08. The Balaban J connectivity index is 1.86. The number of hydrogen-bond acceptors (Lipinski definition) is 3. The highest BCUT2D eigenvalue weighted by Gasteiger charge is 2.14. The van der Waals surface area contributed by atoms with Gasteiger partial charge in [0.1, 0.15) is 0 Å². The van der Waals surface area contributed by atoms with Crippen LogP contribution < -0.4 is 10.0 Å². The van der Waals surface area contributed by atoms with Crippen molar-refractivity contribution < 1.29 is 13.2 Å². The molecule has 0 radical (unpaired) electrons. The molecule has 2 aromatic carbocycles. The summed E-state index contributed by atoms with van der Waals surface area (Å²) in [6.07, 6.45) is 0. The van der Waals surface area contributed by atoms with Crippen molar-refractivity contribution in [2.45, 2.75) is 25.3 Å². The molecule has 0 aliphatic carbocycles. The summed E-state index contributed by atoms with van der Waals surface area (Å²) >= 11 is 0. The Morgan fingerprint density at radius 2 is 1.43 bits per heavy atom. The first-order valence-corrected chi connectivity index (χ1v) is 8.74. The molecular formula is C17H20N2O3S. The zero-order valence-electron chi connectivity index (χ0n) is 13.2. The van der Waals surface area contributed by atoms with E-state index in [0.29, 0.717) is 6.54 Å². The molecule has 0 aliphatic rings. The molecule has 2 aromatic rings. The first kappa shape index (κ1) is 17.2. The van der Waals surface area contributed by atoms with Crippen LogP contribution in [-0.4, -0.2) is 20.9 Å². The lowest BCUT2D eigenvalue weighted by atomic mass is 10.1. The minimum Gasteiger partial charge on any atom is -0.351 e. The number of nitrogens with one attached hydrogen (secondary N) is 2. The molecular weight excluding hydrogens is 312 g/mol. The highest BCUT2D eigenvalue weighted by molar-refractivity contribution is 7.89. The lowest BCUT2D eigenvalue weighted by molar-refractivity contribution is -0.120. The van der Waals surface area contributed by atoms with Gasteiger partial charge in [-0.1, -0.05) is 47.5 Å². The van der Waals surface area contributed by atoms with Crippen molar-refractivity contribution in [1.29, 1.82) is 0 Å². The number of hydrogen-bond donors (Lipinski definition) is 2. The molecule has 0 bridgehead atoms. The van der Waals surface area contributed by atoms with Crippen LogP contribution in [0.3, 0.4) is 0 Å². The van der Waals surface area contributed by atoms with Crippen molar-refractivity contribution in [2.24, 2.45) is 0 Å². The number of amides is 1. The molecule has 2 rings (SSSR count). The van der Waals surface area contributed by atoms with Crippen LogP contribution in [-0.2, 0) is 21.4 Å². The van der Waals surface area contributed by atoms with Crippen LogP contribution in [0.5, 0.6) is 0 Å². The third kappa shape index (κ3) is 5.19. The Labute approximate surface area is 136 Å². The SMILES string of the molecule is Cc1ccc(CNC(=O)CNS(=O)(=O)c2ccc(C)cc2)cc1. The first-order chi connectivity index (χ1) is 10.9. The van der Waals surface area contributed by atoms with E-state index < -0.39 is 10.0 Å². The largest absolute Gasteiger partial charge is 0.351 e. The van der Waals surface area contributed by atoms with E-state index in [4.69, 9.17) is 0 Å². The van der Waals surface area contributed by atoms with E-state index >= 15 is 0 Å². The molecule has 0 atom stereocenters. The van der Waals surface area contributed by atoms with Gasteiger partial charge in [0.05, 0.1) is 11.4 Å². The van der Waals surface area contributed by atoms with Gasteiger partial charge in [-0.2, -0.15) is 0 Å². The van der Waals surface area contributed by atoms with Gasteiger partial charge in [-0.25, -0.2) is 13.1 Å². The molecule has 0 unspecified atom stereocenters. The van der Waals surface area contributed by atoms with E-state index in [0.717, 1.165) is 16.7 Å². The fourth-order valence-corrected chi connectivity index (χ4v) is 2.91. The molecule has 0 heterocycles. The second-order valence-corrected chi connectivity index (χ2v) is 7.17. The van der Waals surface area contributed by atoms with E-state index in [1.807, 2.05) is 38.1 Å². The minimum absolute atomic E-state index is 0.148. The number of benzene rings is 2. The summed E-state index contributed by atoms with van der Waals surface area (Å²) in [5, 5.41) is 2.69. The molecule has 0 aliphatic heterocycles. The van der Waals surface area contributed by atoms with Gasteiger partial charge in [-0.15, -0.1) is 0 Å². The highest BCUT2D eigenvalue weighted by atomic mass is 32.2. The van der Waals surface area contributed by atoms with Gasteiger partial charge in [-0.3, -0.25) is 4.79 Å². The zero-order valence-corrected chi connectivity index (χ0v) is 14.0. The van der Waals surface area contributed by atoms with E-state index in [-0.39, 0.29) is 17.3 Å². The number of aryl methyl sites for hydroxylation is 2. The highest BCUT2D eigenvalue weighted by Crippen LogP contribution is 2.09. The Bertz CT molecular complexity index is 766. The second-order valence-electron chi connectivity index (χ2n) is 5.40. The first-order valence-electron chi connectivity index (χ1n) is 7.25. The summed E-state index contributed by atoms with van der Waals surface area (Å²) < 4.78 is 26.4. The van der Waals surface area contributed by atoms with Crippen LogP contribution in [0, 0.1) is 13.8 Å². The van der Waals surface area contributed by atoms with Crippen molar-refractivity contribution in [3.05, 3.63) is 65.2 Å². The zero-order chi connectivity index (χ0) is 16.9. The average molecular weight is 332 g/mol. The maximum atomic E-state index is 12.1. The fourth-order valence-electron chi connectivity index (χ4n) is 1.93. The average Bonchev–Trinajstić information content (AvgIpc) is 2.53. The second kappa shape index (κ2) is 7.39. The van der Waals surface area contributed by atoms with Gasteiger partial charge < -0.3 is 5.32 Å². The monoisotopic (exact) mass is 332 g/mol. The van der Waals surface area contributed by atoms with Gasteiger partial charge in [0.2, 0.25) is 15.9 Å². The van der Waals surface area contributed by atoms with Crippen LogP contribution in [0.25, 0.3) is 0 Å². The number of rotatable bonds is 6. The topological polar surface area (TPSA) is 75.3 Å². The molecule has 2 N–H and O–H groups in total. The maximum absolute atomic E-state index is 12.1. The number of carbonyl (C=O) groups excluding carboxylic acids is 1. The van der Waals surface area contributed by atoms with Crippen LogP contribution in [0.1, 0.15) is 16.7 Å². The Hall–Kier alpha value is -2.18. The normalized spacial score (nSPS) is 11.2. The van der Waals surface area contributed by atoms with Crippen LogP contribution >= 0.6 is 0 Å². The maximum Gasteiger partial charge on any atom is 0.241 e. The van der Waals surface area contributed by atoms with Crippen LogP contribution in [0.4, 0.5) is 0 Å². The van der Waals surface area contributed by atoms with Gasteiger partial charge in [0.25, 0.3) is 0 Å². The van der Waals surface area contributed by atoms with E-state index in [9.17, 15) is 13.2 Å². The Kier molecular flexibility index (Phi) is 5.52. The predicted octanol–water partition coefficient (Wildman–Crippen LogP) is 1.90. The van der Waals surface area contributed by atoms with Crippen molar-refractivity contribution in [2.75, 3.05) is 6.54 Å². The molecule has 6 heteroatoms. The van der Waals surface area contributed by atoms with Crippen LogP contribution in [0.15, 0.2) is 53.4 Å². The summed E-state index contributed by atoms with van der Waals surface area (Å²) in [6.45, 7) is 3.94. The predicted molar refractivity (Wildman–Crippen MR) is 89.4 cm³/mol. The van der Waals surface area contributed by atoms with Crippen molar-refractivity contribution in [3.63, 3.8) is 0 Å². The standard InChI is InChI=1S/C17H20N2O3S/c1-13-3-7-15(8-4-13)11-18-17(20)12-19-23(21,22)16-9-5-14(2)6-10-16/h3-10,19H,11-12H2,1-2H3,(H,18,20). The molecule has 0 saturated heterocycles. The summed E-state index contributed by atoms with van der Waals surface area (Å²) in [5.74, 6) is -0.374. The molecule has 0 spiro atoms. The van der Waals surface area contributed by atoms with Gasteiger partial charge in [0.15, 0.2) is 0 Å². The summed E-state index contributed by atoms with van der Waals surface area (Å²) in [5.41, 5.74) is 3.08. The van der Waals surface area contributed by atoms with E-state index in [1.54, 1.807) is 12.1 Å². The molecule has 0 aromatic heterocycles. The van der Waals surface area contributed by atoms with E-state index in [1.165, 1.54) is 12.1 Å². The number of carbonyl (C=O) groups is 1. The summed E-state index contributed by atoms with van der Waals surface area (Å²) in [6, 6.07) is 14.2. The summed E-state index contributed by atoms with van der Waals surface area (Å²) in [7, 11) is -3.67. The molecule has 1 amide bonds. The molecule has 23 heavy (non-hydrogen) atoms. The molecule has 5 nitrogen and oxygen atoms in total. The van der Waals surface area contributed by atoms with Gasteiger partial charge >= 0.3 is 0 Å². The van der Waals surface area contributed by atoms with Gasteiger partial charge in [-0.05, 0) is 31.5 Å².